The largest absolute Gasteiger partial charge is 0.372 e. The number of hydrogen-bond donors (Lipinski definition) is 0. The Bertz CT molecular complexity index is 201. The van der Waals surface area contributed by atoms with Crippen molar-refractivity contribution in [1.29, 1.82) is 0 Å². The molecule has 0 saturated carbocycles. The lowest BCUT2D eigenvalue weighted by Crippen LogP contribution is -2.48. The van der Waals surface area contributed by atoms with Crippen LogP contribution in [0.2, 0.25) is 0 Å². The minimum atomic E-state index is 0.158. The van der Waals surface area contributed by atoms with E-state index < -0.39 is 0 Å². The maximum Gasteiger partial charge on any atom is 0.222 e. The highest BCUT2D eigenvalue weighted by Crippen LogP contribution is 2.12. The summed E-state index contributed by atoms with van der Waals surface area (Å²) in [6.07, 6.45) is 2.74. The number of ether oxygens (including phenoxy) is 1. The molecule has 15 heavy (non-hydrogen) atoms. The molecule has 0 bridgehead atoms. The fourth-order valence-corrected chi connectivity index (χ4v) is 2.10. The lowest BCUT2D eigenvalue weighted by molar-refractivity contribution is -0.143. The van der Waals surface area contributed by atoms with Gasteiger partial charge in [0.25, 0.3) is 0 Å². The third-order valence-corrected chi connectivity index (χ3v) is 2.81. The number of rotatable bonds is 4. The van der Waals surface area contributed by atoms with E-state index in [4.69, 9.17) is 16.3 Å². The average Bonchev–Trinajstić information content (AvgIpc) is 2.16. The van der Waals surface area contributed by atoms with Crippen molar-refractivity contribution in [2.75, 3.05) is 19.0 Å². The molecule has 0 radical (unpaired) electrons. The maximum atomic E-state index is 11.8. The normalized spacial score (nSPS) is 26.7. The van der Waals surface area contributed by atoms with E-state index in [-0.39, 0.29) is 18.1 Å². The molecule has 1 rings (SSSR count). The Balaban J connectivity index is 2.31. The van der Waals surface area contributed by atoms with E-state index in [0.717, 1.165) is 25.9 Å². The van der Waals surface area contributed by atoms with Crippen molar-refractivity contribution in [2.24, 2.45) is 0 Å². The second-order valence-electron chi connectivity index (χ2n) is 4.20. The van der Waals surface area contributed by atoms with Gasteiger partial charge in [-0.2, -0.15) is 0 Å². The van der Waals surface area contributed by atoms with Gasteiger partial charge in [-0.05, 0) is 26.7 Å². The lowest BCUT2D eigenvalue weighted by atomic mass is 10.2. The highest BCUT2D eigenvalue weighted by Gasteiger charge is 2.25. The molecule has 0 aromatic carbocycles. The van der Waals surface area contributed by atoms with E-state index >= 15 is 0 Å². The summed E-state index contributed by atoms with van der Waals surface area (Å²) in [6.45, 7) is 5.47. The molecule has 2 atom stereocenters. The SMILES string of the molecule is C[C@@H]1CN(C(=O)CCCCCl)C[C@H](C)O1. The number of nitrogens with zero attached hydrogens (tertiary/aromatic N) is 1. The number of alkyl halides is 1. The number of carbonyl (C=O) groups is 1. The Kier molecular flexibility index (Phi) is 5.40. The molecule has 88 valence electrons. The van der Waals surface area contributed by atoms with Crippen LogP contribution in [0.3, 0.4) is 0 Å². The van der Waals surface area contributed by atoms with Crippen molar-refractivity contribution >= 4 is 17.5 Å². The van der Waals surface area contributed by atoms with Gasteiger partial charge in [-0.15, -0.1) is 11.6 Å². The molecule has 1 aliphatic heterocycles. The second-order valence-corrected chi connectivity index (χ2v) is 4.58. The van der Waals surface area contributed by atoms with Crippen LogP contribution in [-0.4, -0.2) is 42.0 Å². The molecule has 0 aromatic rings. The Morgan fingerprint density at radius 1 is 1.33 bits per heavy atom. The quantitative estimate of drug-likeness (QED) is 0.549. The van der Waals surface area contributed by atoms with Crippen molar-refractivity contribution < 1.29 is 9.53 Å². The highest BCUT2D eigenvalue weighted by atomic mass is 35.5. The van der Waals surface area contributed by atoms with Crippen molar-refractivity contribution in [1.82, 2.24) is 4.90 Å². The first kappa shape index (κ1) is 12.8. The molecule has 0 aliphatic carbocycles. The van der Waals surface area contributed by atoms with E-state index in [0.29, 0.717) is 12.3 Å². The van der Waals surface area contributed by atoms with Crippen molar-refractivity contribution in [3.63, 3.8) is 0 Å². The molecular formula is C11H20ClNO2. The Morgan fingerprint density at radius 3 is 2.47 bits per heavy atom. The number of unbranched alkanes of at least 4 members (excludes halogenated alkanes) is 1. The number of carbonyl (C=O) groups excluding carboxylic acids is 1. The molecule has 3 nitrogen and oxygen atoms in total. The third kappa shape index (κ3) is 4.39. The molecule has 1 aliphatic rings. The first-order chi connectivity index (χ1) is 7.13. The van der Waals surface area contributed by atoms with E-state index in [1.165, 1.54) is 0 Å². The fraction of sp³-hybridized carbons (Fsp3) is 0.909. The predicted molar refractivity (Wildman–Crippen MR) is 61.2 cm³/mol. The summed E-state index contributed by atoms with van der Waals surface area (Å²) in [6, 6.07) is 0. The first-order valence-electron chi connectivity index (χ1n) is 5.62. The topological polar surface area (TPSA) is 29.5 Å². The zero-order valence-electron chi connectivity index (χ0n) is 9.54. The number of amides is 1. The minimum absolute atomic E-state index is 0.158. The highest BCUT2D eigenvalue weighted by molar-refractivity contribution is 6.17. The standard InChI is InChI=1S/C11H20ClNO2/c1-9-7-13(8-10(2)15-9)11(14)5-3-4-6-12/h9-10H,3-8H2,1-2H3/t9-,10+. The molecule has 4 heteroatoms. The Hall–Kier alpha value is -0.280. The van der Waals surface area contributed by atoms with Crippen LogP contribution < -0.4 is 0 Å². The van der Waals surface area contributed by atoms with Crippen LogP contribution in [-0.2, 0) is 9.53 Å². The monoisotopic (exact) mass is 233 g/mol. The first-order valence-corrected chi connectivity index (χ1v) is 6.16. The summed E-state index contributed by atoms with van der Waals surface area (Å²) in [5.41, 5.74) is 0. The van der Waals surface area contributed by atoms with Crippen molar-refractivity contribution in [2.45, 2.75) is 45.3 Å². The third-order valence-electron chi connectivity index (χ3n) is 2.55. The molecule has 0 spiro atoms. The van der Waals surface area contributed by atoms with Crippen LogP contribution in [0.5, 0.6) is 0 Å². The van der Waals surface area contributed by atoms with Gasteiger partial charge >= 0.3 is 0 Å². The van der Waals surface area contributed by atoms with Gasteiger partial charge in [-0.3, -0.25) is 4.79 Å². The fourth-order valence-electron chi connectivity index (χ4n) is 1.91. The van der Waals surface area contributed by atoms with E-state index in [1.807, 2.05) is 18.7 Å². The maximum absolute atomic E-state index is 11.8. The number of morpholine rings is 1. The van der Waals surface area contributed by atoms with Crippen LogP contribution in [0.4, 0.5) is 0 Å². The minimum Gasteiger partial charge on any atom is -0.372 e. The van der Waals surface area contributed by atoms with Gasteiger partial charge in [0.05, 0.1) is 12.2 Å². The van der Waals surface area contributed by atoms with Crippen LogP contribution in [0.25, 0.3) is 0 Å². The summed E-state index contributed by atoms with van der Waals surface area (Å²) in [4.78, 5) is 13.7. The second kappa shape index (κ2) is 6.33. The molecule has 0 unspecified atom stereocenters. The molecule has 1 heterocycles. The summed E-state index contributed by atoms with van der Waals surface area (Å²) in [7, 11) is 0. The summed E-state index contributed by atoms with van der Waals surface area (Å²) in [5.74, 6) is 0.880. The predicted octanol–water partition coefficient (Wildman–Crippen LogP) is 2.03. The Morgan fingerprint density at radius 2 is 1.93 bits per heavy atom. The molecule has 1 amide bonds. The van der Waals surface area contributed by atoms with Crippen LogP contribution in [0.1, 0.15) is 33.1 Å². The van der Waals surface area contributed by atoms with Gasteiger partial charge in [0.1, 0.15) is 0 Å². The van der Waals surface area contributed by atoms with Crippen LogP contribution in [0, 0.1) is 0 Å². The molecular weight excluding hydrogens is 214 g/mol. The van der Waals surface area contributed by atoms with Crippen molar-refractivity contribution in [3.8, 4) is 0 Å². The van der Waals surface area contributed by atoms with Gasteiger partial charge in [0.2, 0.25) is 5.91 Å². The molecule has 0 aromatic heterocycles. The van der Waals surface area contributed by atoms with Crippen molar-refractivity contribution in [3.05, 3.63) is 0 Å². The number of halogens is 1. The van der Waals surface area contributed by atoms with Gasteiger partial charge in [-0.1, -0.05) is 0 Å². The van der Waals surface area contributed by atoms with Gasteiger partial charge < -0.3 is 9.64 Å². The van der Waals surface area contributed by atoms with Gasteiger partial charge in [0.15, 0.2) is 0 Å². The summed E-state index contributed by atoms with van der Waals surface area (Å²) < 4.78 is 5.58. The molecule has 0 N–H and O–H groups in total. The lowest BCUT2D eigenvalue weighted by Gasteiger charge is -2.35. The smallest absolute Gasteiger partial charge is 0.222 e. The summed E-state index contributed by atoms with van der Waals surface area (Å²) in [5, 5.41) is 0. The zero-order chi connectivity index (χ0) is 11.3. The molecule has 1 saturated heterocycles. The molecule has 1 fully saturated rings. The van der Waals surface area contributed by atoms with E-state index in [9.17, 15) is 4.79 Å². The van der Waals surface area contributed by atoms with Crippen LogP contribution in [0.15, 0.2) is 0 Å². The zero-order valence-corrected chi connectivity index (χ0v) is 10.3. The van der Waals surface area contributed by atoms with E-state index in [2.05, 4.69) is 0 Å². The van der Waals surface area contributed by atoms with Crippen LogP contribution >= 0.6 is 11.6 Å². The average molecular weight is 234 g/mol. The Labute approximate surface area is 96.7 Å². The van der Waals surface area contributed by atoms with E-state index in [1.54, 1.807) is 0 Å². The number of hydrogen-bond acceptors (Lipinski definition) is 2. The summed E-state index contributed by atoms with van der Waals surface area (Å²) >= 11 is 5.57. The van der Waals surface area contributed by atoms with Gasteiger partial charge in [-0.25, -0.2) is 0 Å². The van der Waals surface area contributed by atoms with Gasteiger partial charge in [0, 0.05) is 25.4 Å².